The molecule has 1 aliphatic heterocycles. The third-order valence-electron chi connectivity index (χ3n) is 7.87. The largest absolute Gasteiger partial charge is 0.345 e. The van der Waals surface area contributed by atoms with Gasteiger partial charge in [-0.15, -0.1) is 0 Å². The fourth-order valence-electron chi connectivity index (χ4n) is 5.83. The highest BCUT2D eigenvalue weighted by atomic mass is 16.2. The molecule has 1 spiro atoms. The van der Waals surface area contributed by atoms with Crippen molar-refractivity contribution in [1.29, 1.82) is 0 Å². The third-order valence-corrected chi connectivity index (χ3v) is 7.87. The van der Waals surface area contributed by atoms with E-state index in [1.165, 1.54) is 12.5 Å². The standard InChI is InChI=1S/C30H36N6O3/c1-20-26-30(14-5-15-30)35(19-23-6-10-24(11-7-23)29(39)34(3)4)16-17-36(26)27(32-20)28(38)31-18-22-8-12-25(13-9-22)33-21(2)37/h6-13H,5,14-19H2,1-4H3,(H,31,38)(H,33,37). The van der Waals surface area contributed by atoms with Crippen molar-refractivity contribution >= 4 is 23.4 Å². The van der Waals surface area contributed by atoms with Crippen molar-refractivity contribution in [2.75, 3.05) is 26.0 Å². The molecule has 3 aromatic rings. The Labute approximate surface area is 229 Å². The second-order valence-corrected chi connectivity index (χ2v) is 10.8. The smallest absolute Gasteiger partial charge is 0.287 e. The van der Waals surface area contributed by atoms with Crippen molar-refractivity contribution in [2.24, 2.45) is 0 Å². The van der Waals surface area contributed by atoms with Gasteiger partial charge >= 0.3 is 0 Å². The predicted octanol–water partition coefficient (Wildman–Crippen LogP) is 3.68. The number of aryl methyl sites for hydroxylation is 1. The fraction of sp³-hybridized carbons (Fsp3) is 0.400. The molecule has 2 heterocycles. The molecule has 204 valence electrons. The van der Waals surface area contributed by atoms with Crippen molar-refractivity contribution < 1.29 is 14.4 Å². The normalized spacial score (nSPS) is 15.8. The van der Waals surface area contributed by atoms with Crippen molar-refractivity contribution in [3.8, 4) is 0 Å². The molecule has 2 N–H and O–H groups in total. The van der Waals surface area contributed by atoms with Gasteiger partial charge in [0.15, 0.2) is 5.82 Å². The monoisotopic (exact) mass is 528 g/mol. The number of amides is 3. The third kappa shape index (κ3) is 5.18. The average molecular weight is 529 g/mol. The Morgan fingerprint density at radius 3 is 2.23 bits per heavy atom. The van der Waals surface area contributed by atoms with Gasteiger partial charge in [0.05, 0.1) is 16.9 Å². The van der Waals surface area contributed by atoms with Gasteiger partial charge in [-0.25, -0.2) is 4.98 Å². The van der Waals surface area contributed by atoms with Crippen LogP contribution in [0.15, 0.2) is 48.5 Å². The first-order valence-electron chi connectivity index (χ1n) is 13.5. The van der Waals surface area contributed by atoms with Gasteiger partial charge in [-0.1, -0.05) is 24.3 Å². The molecule has 1 fully saturated rings. The van der Waals surface area contributed by atoms with E-state index < -0.39 is 0 Å². The summed E-state index contributed by atoms with van der Waals surface area (Å²) in [7, 11) is 3.52. The minimum Gasteiger partial charge on any atom is -0.345 e. The molecule has 3 amide bonds. The molecule has 0 atom stereocenters. The number of imidazole rings is 1. The molecule has 1 aliphatic carbocycles. The molecule has 1 saturated carbocycles. The van der Waals surface area contributed by atoms with Crippen LogP contribution in [-0.4, -0.2) is 57.7 Å². The molecule has 39 heavy (non-hydrogen) atoms. The lowest BCUT2D eigenvalue weighted by atomic mass is 9.71. The van der Waals surface area contributed by atoms with Crippen LogP contribution in [0.5, 0.6) is 0 Å². The summed E-state index contributed by atoms with van der Waals surface area (Å²) in [5.74, 6) is 0.171. The minimum atomic E-state index is -0.181. The number of aromatic nitrogens is 2. The number of carbonyl (C=O) groups excluding carboxylic acids is 3. The number of carbonyl (C=O) groups is 3. The van der Waals surface area contributed by atoms with Crippen LogP contribution in [0.4, 0.5) is 5.69 Å². The van der Waals surface area contributed by atoms with Crippen LogP contribution in [0.2, 0.25) is 0 Å². The molecule has 2 aliphatic rings. The van der Waals surface area contributed by atoms with E-state index >= 15 is 0 Å². The van der Waals surface area contributed by atoms with E-state index in [2.05, 4.69) is 20.1 Å². The Hall–Kier alpha value is -3.98. The van der Waals surface area contributed by atoms with Crippen LogP contribution >= 0.6 is 0 Å². The highest BCUT2D eigenvalue weighted by Gasteiger charge is 2.50. The second kappa shape index (κ2) is 10.6. The lowest BCUT2D eigenvalue weighted by Crippen LogP contribution is -2.56. The number of nitrogens with zero attached hydrogens (tertiary/aromatic N) is 4. The molecule has 0 unspecified atom stereocenters. The van der Waals surface area contributed by atoms with Gasteiger partial charge in [-0.3, -0.25) is 19.3 Å². The highest BCUT2D eigenvalue weighted by molar-refractivity contribution is 5.94. The Morgan fingerprint density at radius 2 is 1.64 bits per heavy atom. The van der Waals surface area contributed by atoms with E-state index in [0.717, 1.165) is 55.0 Å². The Morgan fingerprint density at radius 1 is 0.974 bits per heavy atom. The summed E-state index contributed by atoms with van der Waals surface area (Å²) in [6, 6.07) is 15.3. The first kappa shape index (κ1) is 26.6. The molecule has 0 saturated heterocycles. The maximum Gasteiger partial charge on any atom is 0.287 e. The Kier molecular flexibility index (Phi) is 7.27. The summed E-state index contributed by atoms with van der Waals surface area (Å²) in [6.07, 6.45) is 3.23. The Balaban J connectivity index is 1.30. The van der Waals surface area contributed by atoms with E-state index in [4.69, 9.17) is 4.98 Å². The summed E-state index contributed by atoms with van der Waals surface area (Å²) >= 11 is 0. The van der Waals surface area contributed by atoms with E-state index in [1.807, 2.05) is 55.5 Å². The topological polar surface area (TPSA) is 99.6 Å². The summed E-state index contributed by atoms with van der Waals surface area (Å²) in [5, 5.41) is 5.77. The molecule has 0 bridgehead atoms. The van der Waals surface area contributed by atoms with Crippen LogP contribution in [0.25, 0.3) is 0 Å². The summed E-state index contributed by atoms with van der Waals surface area (Å²) < 4.78 is 2.12. The molecule has 2 aromatic carbocycles. The number of hydrogen-bond acceptors (Lipinski definition) is 5. The van der Waals surface area contributed by atoms with Gasteiger partial charge in [0.2, 0.25) is 5.91 Å². The lowest BCUT2D eigenvalue weighted by Gasteiger charge is -2.53. The highest BCUT2D eigenvalue weighted by Crippen LogP contribution is 2.50. The number of anilines is 1. The molecule has 0 radical (unpaired) electrons. The van der Waals surface area contributed by atoms with Gasteiger partial charge in [-0.05, 0) is 61.6 Å². The average Bonchev–Trinajstić information content (AvgIpc) is 3.23. The summed E-state index contributed by atoms with van der Waals surface area (Å²) in [5.41, 5.74) is 5.48. The zero-order valence-electron chi connectivity index (χ0n) is 23.1. The molecule has 9 nitrogen and oxygen atoms in total. The molecule has 1 aromatic heterocycles. The van der Waals surface area contributed by atoms with Crippen LogP contribution in [0, 0.1) is 6.92 Å². The maximum atomic E-state index is 13.2. The number of rotatable bonds is 7. The van der Waals surface area contributed by atoms with Crippen molar-refractivity contribution in [1.82, 2.24) is 24.7 Å². The van der Waals surface area contributed by atoms with E-state index in [9.17, 15) is 14.4 Å². The van der Waals surface area contributed by atoms with Crippen molar-refractivity contribution in [3.05, 3.63) is 82.4 Å². The minimum absolute atomic E-state index is 0.00215. The summed E-state index contributed by atoms with van der Waals surface area (Å²) in [6.45, 7) is 6.17. The van der Waals surface area contributed by atoms with Crippen molar-refractivity contribution in [3.63, 3.8) is 0 Å². The van der Waals surface area contributed by atoms with Crippen LogP contribution in [0.3, 0.4) is 0 Å². The van der Waals surface area contributed by atoms with Gasteiger partial charge in [0.25, 0.3) is 11.8 Å². The van der Waals surface area contributed by atoms with Crippen molar-refractivity contribution in [2.45, 2.75) is 58.3 Å². The number of fused-ring (bicyclic) bond motifs is 2. The SMILES string of the molecule is CC(=O)Nc1ccc(CNC(=O)c2nc(C)c3n2CCN(Cc2ccc(C(=O)N(C)C)cc2)C32CCC2)cc1. The second-order valence-electron chi connectivity index (χ2n) is 10.8. The zero-order chi connectivity index (χ0) is 27.7. The van der Waals surface area contributed by atoms with Crippen LogP contribution < -0.4 is 10.6 Å². The fourth-order valence-corrected chi connectivity index (χ4v) is 5.83. The number of benzene rings is 2. The zero-order valence-corrected chi connectivity index (χ0v) is 23.1. The van der Waals surface area contributed by atoms with Gasteiger partial charge in [0.1, 0.15) is 0 Å². The number of nitrogens with one attached hydrogen (secondary N) is 2. The van der Waals surface area contributed by atoms with E-state index in [1.54, 1.807) is 19.0 Å². The van der Waals surface area contributed by atoms with Gasteiger partial charge in [0, 0.05) is 58.4 Å². The van der Waals surface area contributed by atoms with E-state index in [0.29, 0.717) is 24.5 Å². The predicted molar refractivity (Wildman–Crippen MR) is 149 cm³/mol. The molecule has 5 rings (SSSR count). The van der Waals surface area contributed by atoms with E-state index in [-0.39, 0.29) is 23.3 Å². The van der Waals surface area contributed by atoms with Crippen LogP contribution in [0.1, 0.15) is 69.7 Å². The first-order chi connectivity index (χ1) is 18.7. The summed E-state index contributed by atoms with van der Waals surface area (Å²) in [4.78, 5) is 45.6. The van der Waals surface area contributed by atoms with Gasteiger partial charge in [-0.2, -0.15) is 0 Å². The Bertz CT molecular complexity index is 1390. The van der Waals surface area contributed by atoms with Gasteiger partial charge < -0.3 is 20.1 Å². The molecular formula is C30H36N6O3. The lowest BCUT2D eigenvalue weighted by molar-refractivity contribution is -0.114. The first-order valence-corrected chi connectivity index (χ1v) is 13.5. The van der Waals surface area contributed by atoms with Crippen LogP contribution in [-0.2, 0) is 30.0 Å². The molecular weight excluding hydrogens is 492 g/mol. The molecule has 9 heteroatoms. The quantitative estimate of drug-likeness (QED) is 0.488. The maximum absolute atomic E-state index is 13.2. The number of hydrogen-bond donors (Lipinski definition) is 2.